The van der Waals surface area contributed by atoms with Gasteiger partial charge in [0.15, 0.2) is 0 Å². The molecule has 2 aliphatic carbocycles. The monoisotopic (exact) mass is 273 g/mol. The molecule has 0 aromatic rings. The van der Waals surface area contributed by atoms with Crippen LogP contribution in [0, 0.1) is 5.41 Å². The fraction of sp³-hybridized carbons (Fsp3) is 1.00. The maximum Gasteiger partial charge on any atom is 0.0100 e. The molecule has 0 amide bonds. The number of hydrogen-bond donors (Lipinski definition) is 0. The summed E-state index contributed by atoms with van der Waals surface area (Å²) in [5.41, 5.74) is 0.660. The highest BCUT2D eigenvalue weighted by atomic mass is 79.9. The smallest absolute Gasteiger partial charge is 0.0100 e. The molecule has 0 heterocycles. The van der Waals surface area contributed by atoms with E-state index in [9.17, 15) is 0 Å². The maximum atomic E-state index is 3.69. The first-order valence-corrected chi connectivity index (χ1v) is 7.72. The van der Waals surface area contributed by atoms with Gasteiger partial charge in [-0.2, -0.15) is 0 Å². The molecule has 0 unspecified atom stereocenters. The van der Waals surface area contributed by atoms with E-state index in [0.717, 1.165) is 6.04 Å². The Kier molecular flexibility index (Phi) is 4.11. The molecule has 0 bridgehead atoms. The Balaban J connectivity index is 1.85. The number of halogens is 1. The predicted octanol–water partition coefficient (Wildman–Crippen LogP) is 3.82. The van der Waals surface area contributed by atoms with E-state index in [0.29, 0.717) is 5.41 Å². The molecule has 88 valence electrons. The zero-order valence-electron chi connectivity index (χ0n) is 9.97. The van der Waals surface area contributed by atoms with E-state index >= 15 is 0 Å². The Hall–Kier alpha value is 0.440. The van der Waals surface area contributed by atoms with Gasteiger partial charge in [0, 0.05) is 17.9 Å². The molecule has 2 saturated carbocycles. The summed E-state index contributed by atoms with van der Waals surface area (Å²) in [5, 5.41) is 1.21. The summed E-state index contributed by atoms with van der Waals surface area (Å²) < 4.78 is 0. The van der Waals surface area contributed by atoms with Gasteiger partial charge in [0.05, 0.1) is 0 Å². The number of hydrogen-bond acceptors (Lipinski definition) is 1. The first-order valence-electron chi connectivity index (χ1n) is 6.60. The molecular formula is C13H24BrN. The third-order valence-electron chi connectivity index (χ3n) is 4.28. The molecule has 2 heteroatoms. The van der Waals surface area contributed by atoms with Crippen molar-refractivity contribution in [1.82, 2.24) is 4.90 Å². The highest BCUT2D eigenvalue weighted by Gasteiger charge is 2.43. The Bertz CT molecular complexity index is 195. The minimum Gasteiger partial charge on any atom is -0.300 e. The SMILES string of the molecule is CCN(CC1(CBr)CC1)C1CCCCC1. The van der Waals surface area contributed by atoms with Crippen LogP contribution in [0.3, 0.4) is 0 Å². The zero-order valence-corrected chi connectivity index (χ0v) is 11.6. The van der Waals surface area contributed by atoms with Crippen molar-refractivity contribution in [2.75, 3.05) is 18.4 Å². The van der Waals surface area contributed by atoms with Crippen molar-refractivity contribution in [3.05, 3.63) is 0 Å². The second-order valence-electron chi connectivity index (χ2n) is 5.49. The maximum absolute atomic E-state index is 3.69. The fourth-order valence-electron chi connectivity index (χ4n) is 2.89. The minimum absolute atomic E-state index is 0.660. The average Bonchev–Trinajstić information content (AvgIpc) is 3.08. The van der Waals surface area contributed by atoms with Gasteiger partial charge < -0.3 is 4.90 Å². The van der Waals surface area contributed by atoms with Gasteiger partial charge in [-0.25, -0.2) is 0 Å². The quantitative estimate of drug-likeness (QED) is 0.689. The molecule has 15 heavy (non-hydrogen) atoms. The van der Waals surface area contributed by atoms with E-state index in [1.165, 1.54) is 63.4 Å². The van der Waals surface area contributed by atoms with Crippen LogP contribution < -0.4 is 0 Å². The van der Waals surface area contributed by atoms with Gasteiger partial charge in [0.1, 0.15) is 0 Å². The van der Waals surface area contributed by atoms with Crippen LogP contribution >= 0.6 is 15.9 Å². The lowest BCUT2D eigenvalue weighted by atomic mass is 9.93. The number of rotatable bonds is 5. The molecule has 0 saturated heterocycles. The van der Waals surface area contributed by atoms with Crippen LogP contribution in [0.5, 0.6) is 0 Å². The van der Waals surface area contributed by atoms with Crippen LogP contribution in [0.2, 0.25) is 0 Å². The van der Waals surface area contributed by atoms with Crippen molar-refractivity contribution < 1.29 is 0 Å². The van der Waals surface area contributed by atoms with Gasteiger partial charge in [-0.05, 0) is 37.6 Å². The lowest BCUT2D eigenvalue weighted by molar-refractivity contribution is 0.139. The van der Waals surface area contributed by atoms with Crippen molar-refractivity contribution in [3.63, 3.8) is 0 Å². The van der Waals surface area contributed by atoms with E-state index < -0.39 is 0 Å². The summed E-state index contributed by atoms with van der Waals surface area (Å²) >= 11 is 3.69. The fourth-order valence-corrected chi connectivity index (χ4v) is 3.62. The van der Waals surface area contributed by atoms with Gasteiger partial charge in [-0.1, -0.05) is 42.1 Å². The summed E-state index contributed by atoms with van der Waals surface area (Å²) in [6.07, 6.45) is 10.2. The molecule has 1 nitrogen and oxygen atoms in total. The first-order chi connectivity index (χ1) is 7.29. The molecule has 2 aliphatic rings. The normalized spacial score (nSPS) is 25.8. The zero-order chi connectivity index (χ0) is 10.7. The van der Waals surface area contributed by atoms with E-state index in [1.54, 1.807) is 0 Å². The molecule has 0 radical (unpaired) electrons. The van der Waals surface area contributed by atoms with Crippen molar-refractivity contribution in [3.8, 4) is 0 Å². The van der Waals surface area contributed by atoms with E-state index in [2.05, 4.69) is 27.8 Å². The van der Waals surface area contributed by atoms with E-state index in [4.69, 9.17) is 0 Å². The third kappa shape index (κ3) is 2.97. The summed E-state index contributed by atoms with van der Waals surface area (Å²) in [6, 6.07) is 0.903. The van der Waals surface area contributed by atoms with Crippen LogP contribution in [-0.4, -0.2) is 29.4 Å². The Morgan fingerprint density at radius 2 is 1.87 bits per heavy atom. The molecule has 0 atom stereocenters. The molecule has 2 rings (SSSR count). The number of nitrogens with zero attached hydrogens (tertiary/aromatic N) is 1. The van der Waals surface area contributed by atoms with Crippen LogP contribution in [0.25, 0.3) is 0 Å². The lowest BCUT2D eigenvalue weighted by Gasteiger charge is -2.35. The molecule has 0 N–H and O–H groups in total. The van der Waals surface area contributed by atoms with Crippen LogP contribution in [-0.2, 0) is 0 Å². The summed E-state index contributed by atoms with van der Waals surface area (Å²) in [4.78, 5) is 2.76. The van der Waals surface area contributed by atoms with Crippen molar-refractivity contribution in [2.45, 2.75) is 57.9 Å². The largest absolute Gasteiger partial charge is 0.300 e. The van der Waals surface area contributed by atoms with Gasteiger partial charge in [-0.3, -0.25) is 0 Å². The topological polar surface area (TPSA) is 3.24 Å². The first kappa shape index (κ1) is 11.9. The van der Waals surface area contributed by atoms with Crippen LogP contribution in [0.4, 0.5) is 0 Å². The van der Waals surface area contributed by atoms with Crippen molar-refractivity contribution in [2.24, 2.45) is 5.41 Å². The molecule has 0 aromatic heterocycles. The second kappa shape index (κ2) is 5.18. The van der Waals surface area contributed by atoms with Gasteiger partial charge in [-0.15, -0.1) is 0 Å². The lowest BCUT2D eigenvalue weighted by Crippen LogP contribution is -2.40. The minimum atomic E-state index is 0.660. The van der Waals surface area contributed by atoms with Gasteiger partial charge >= 0.3 is 0 Å². The molecular weight excluding hydrogens is 250 g/mol. The van der Waals surface area contributed by atoms with Gasteiger partial charge in [0.2, 0.25) is 0 Å². The number of alkyl halides is 1. The summed E-state index contributed by atoms with van der Waals surface area (Å²) in [6.45, 7) is 4.93. The molecule has 0 aliphatic heterocycles. The van der Waals surface area contributed by atoms with Crippen molar-refractivity contribution in [1.29, 1.82) is 0 Å². The van der Waals surface area contributed by atoms with Crippen LogP contribution in [0.15, 0.2) is 0 Å². The highest BCUT2D eigenvalue weighted by molar-refractivity contribution is 9.09. The highest BCUT2D eigenvalue weighted by Crippen LogP contribution is 2.48. The molecule has 0 spiro atoms. The van der Waals surface area contributed by atoms with Crippen LogP contribution in [0.1, 0.15) is 51.9 Å². The van der Waals surface area contributed by atoms with E-state index in [-0.39, 0.29) is 0 Å². The Labute approximate surface area is 103 Å². The Morgan fingerprint density at radius 3 is 2.33 bits per heavy atom. The average molecular weight is 274 g/mol. The predicted molar refractivity (Wildman–Crippen MR) is 69.6 cm³/mol. The summed E-state index contributed by atoms with van der Waals surface area (Å²) in [7, 11) is 0. The third-order valence-corrected chi connectivity index (χ3v) is 5.47. The van der Waals surface area contributed by atoms with E-state index in [1.807, 2.05) is 0 Å². The second-order valence-corrected chi connectivity index (χ2v) is 6.05. The standard InChI is InChI=1S/C13H24BrN/c1-2-15(11-13(10-14)8-9-13)12-6-4-3-5-7-12/h12H,2-11H2,1H3. The molecule has 0 aromatic carbocycles. The van der Waals surface area contributed by atoms with Gasteiger partial charge in [0.25, 0.3) is 0 Å². The molecule has 2 fully saturated rings. The Morgan fingerprint density at radius 1 is 1.20 bits per heavy atom. The summed E-state index contributed by atoms with van der Waals surface area (Å²) in [5.74, 6) is 0. The van der Waals surface area contributed by atoms with Crippen molar-refractivity contribution >= 4 is 15.9 Å².